The molecule has 0 aliphatic carbocycles. The zero-order valence-corrected chi connectivity index (χ0v) is 24.2. The van der Waals surface area contributed by atoms with E-state index in [1.54, 1.807) is 12.1 Å². The SMILES string of the molecule is COc1cn(C(Cc2ccccc2)C(=O)Nc2ccc(C(N)=O)cc2)c(=O)cc1-c1cc(Cl)ccc1-n1cc(C(F)(F)F)nn1. The second kappa shape index (κ2) is 12.7. The minimum absolute atomic E-state index is 0.121. The molecule has 5 aromatic rings. The van der Waals surface area contributed by atoms with Crippen molar-refractivity contribution < 1.29 is 27.5 Å². The fourth-order valence-corrected chi connectivity index (χ4v) is 4.85. The molecule has 0 radical (unpaired) electrons. The minimum Gasteiger partial charge on any atom is -0.495 e. The molecule has 0 saturated heterocycles. The number of aromatic nitrogens is 4. The van der Waals surface area contributed by atoms with Gasteiger partial charge in [0.1, 0.15) is 11.8 Å². The number of carbonyl (C=O) groups excluding carboxylic acids is 2. The Balaban J connectivity index is 1.58. The third-order valence-electron chi connectivity index (χ3n) is 6.89. The number of ether oxygens (including phenoxy) is 1. The Morgan fingerprint density at radius 3 is 2.33 bits per heavy atom. The molecule has 2 heterocycles. The first kappa shape index (κ1) is 31.0. The molecule has 0 fully saturated rings. The number of benzene rings is 3. The third kappa shape index (κ3) is 6.88. The first-order chi connectivity index (χ1) is 21.4. The molecule has 45 heavy (non-hydrogen) atoms. The Morgan fingerprint density at radius 2 is 1.71 bits per heavy atom. The van der Waals surface area contributed by atoms with Crippen LogP contribution in [0.15, 0.2) is 96.1 Å². The van der Waals surface area contributed by atoms with Crippen molar-refractivity contribution >= 4 is 29.1 Å². The number of primary amides is 1. The summed E-state index contributed by atoms with van der Waals surface area (Å²) in [6, 6.07) is 19.5. The molecule has 0 aliphatic heterocycles. The van der Waals surface area contributed by atoms with Gasteiger partial charge in [0, 0.05) is 39.9 Å². The maximum absolute atomic E-state index is 13.7. The fourth-order valence-electron chi connectivity index (χ4n) is 4.68. The summed E-state index contributed by atoms with van der Waals surface area (Å²) in [6.45, 7) is 0. The van der Waals surface area contributed by atoms with Gasteiger partial charge >= 0.3 is 6.18 Å². The fraction of sp³-hybridized carbons (Fsp3) is 0.129. The molecular weight excluding hydrogens is 613 g/mol. The van der Waals surface area contributed by atoms with E-state index in [1.165, 1.54) is 66.4 Å². The van der Waals surface area contributed by atoms with Crippen molar-refractivity contribution in [1.82, 2.24) is 19.6 Å². The van der Waals surface area contributed by atoms with E-state index in [-0.39, 0.29) is 39.6 Å². The number of carbonyl (C=O) groups is 2. The van der Waals surface area contributed by atoms with Crippen molar-refractivity contribution in [2.45, 2.75) is 18.6 Å². The van der Waals surface area contributed by atoms with Gasteiger partial charge in [-0.1, -0.05) is 47.1 Å². The number of nitrogens with one attached hydrogen (secondary N) is 1. The van der Waals surface area contributed by atoms with E-state index >= 15 is 0 Å². The van der Waals surface area contributed by atoms with Crippen molar-refractivity contribution in [2.24, 2.45) is 5.73 Å². The van der Waals surface area contributed by atoms with Crippen molar-refractivity contribution in [2.75, 3.05) is 12.4 Å². The van der Waals surface area contributed by atoms with Crippen LogP contribution in [-0.2, 0) is 17.4 Å². The summed E-state index contributed by atoms with van der Waals surface area (Å²) < 4.78 is 47.5. The number of alkyl halides is 3. The van der Waals surface area contributed by atoms with Crippen molar-refractivity contribution in [1.29, 1.82) is 0 Å². The smallest absolute Gasteiger partial charge is 0.436 e. The molecule has 3 N–H and O–H groups in total. The zero-order valence-electron chi connectivity index (χ0n) is 23.5. The van der Waals surface area contributed by atoms with Gasteiger partial charge in [0.15, 0.2) is 5.69 Å². The number of hydrogen-bond acceptors (Lipinski definition) is 6. The third-order valence-corrected chi connectivity index (χ3v) is 7.13. The summed E-state index contributed by atoms with van der Waals surface area (Å²) >= 11 is 6.26. The maximum Gasteiger partial charge on any atom is 0.436 e. The van der Waals surface area contributed by atoms with Crippen molar-refractivity contribution in [3.8, 4) is 22.6 Å². The molecule has 0 saturated carbocycles. The Morgan fingerprint density at radius 1 is 1.00 bits per heavy atom. The van der Waals surface area contributed by atoms with Gasteiger partial charge in [-0.05, 0) is 48.0 Å². The Bertz CT molecular complexity index is 1920. The number of hydrogen-bond donors (Lipinski definition) is 2. The zero-order chi connectivity index (χ0) is 32.3. The summed E-state index contributed by atoms with van der Waals surface area (Å²) in [5.74, 6) is -1.03. The van der Waals surface area contributed by atoms with Gasteiger partial charge in [-0.15, -0.1) is 5.10 Å². The monoisotopic (exact) mass is 636 g/mol. The summed E-state index contributed by atoms with van der Waals surface area (Å²) in [7, 11) is 1.35. The quantitative estimate of drug-likeness (QED) is 0.226. The lowest BCUT2D eigenvalue weighted by atomic mass is 10.0. The summed E-state index contributed by atoms with van der Waals surface area (Å²) in [5.41, 5.74) is 5.47. The van der Waals surface area contributed by atoms with Crippen LogP contribution in [0.1, 0.15) is 27.7 Å². The summed E-state index contributed by atoms with van der Waals surface area (Å²) in [5, 5.41) is 9.84. The molecule has 2 amide bonds. The highest BCUT2D eigenvalue weighted by Crippen LogP contribution is 2.36. The van der Waals surface area contributed by atoms with Crippen LogP contribution in [-0.4, -0.2) is 38.5 Å². The maximum atomic E-state index is 13.7. The number of anilines is 1. The number of amides is 2. The van der Waals surface area contributed by atoms with Crippen LogP contribution in [0, 0.1) is 0 Å². The molecule has 0 bridgehead atoms. The molecule has 0 spiro atoms. The molecule has 10 nitrogen and oxygen atoms in total. The largest absolute Gasteiger partial charge is 0.495 e. The van der Waals surface area contributed by atoms with Gasteiger partial charge in [-0.2, -0.15) is 13.2 Å². The molecule has 1 unspecified atom stereocenters. The molecule has 1 atom stereocenters. The Kier molecular flexibility index (Phi) is 8.73. The number of nitrogens with zero attached hydrogens (tertiary/aromatic N) is 4. The second-order valence-corrected chi connectivity index (χ2v) is 10.3. The number of pyridine rings is 1. The molecule has 14 heteroatoms. The lowest BCUT2D eigenvalue weighted by molar-refractivity contribution is -0.141. The van der Waals surface area contributed by atoms with E-state index in [9.17, 15) is 27.6 Å². The molecule has 0 aliphatic rings. The normalized spacial score (nSPS) is 12.0. The highest BCUT2D eigenvalue weighted by Gasteiger charge is 2.35. The average Bonchev–Trinajstić information content (AvgIpc) is 3.52. The summed E-state index contributed by atoms with van der Waals surface area (Å²) in [4.78, 5) is 38.8. The van der Waals surface area contributed by atoms with Crippen LogP contribution in [0.4, 0.5) is 18.9 Å². The van der Waals surface area contributed by atoms with Crippen LogP contribution in [0.3, 0.4) is 0 Å². The van der Waals surface area contributed by atoms with Crippen LogP contribution in [0.2, 0.25) is 5.02 Å². The average molecular weight is 637 g/mol. The van der Waals surface area contributed by atoms with Crippen LogP contribution in [0.25, 0.3) is 16.8 Å². The second-order valence-electron chi connectivity index (χ2n) is 9.84. The van der Waals surface area contributed by atoms with Gasteiger partial charge in [-0.25, -0.2) is 4.68 Å². The highest BCUT2D eigenvalue weighted by molar-refractivity contribution is 6.31. The minimum atomic E-state index is -4.72. The van der Waals surface area contributed by atoms with Gasteiger partial charge < -0.3 is 15.8 Å². The lowest BCUT2D eigenvalue weighted by Gasteiger charge is -2.22. The summed E-state index contributed by atoms with van der Waals surface area (Å²) in [6.07, 6.45) is -2.53. The molecular formula is C31H24ClF3N6O4. The number of nitrogens with two attached hydrogens (primary N) is 1. The van der Waals surface area contributed by atoms with Crippen molar-refractivity contribution in [3.63, 3.8) is 0 Å². The number of rotatable bonds is 9. The predicted molar refractivity (Wildman–Crippen MR) is 160 cm³/mol. The number of methoxy groups -OCH3 is 1. The first-order valence-corrected chi connectivity index (χ1v) is 13.7. The van der Waals surface area contributed by atoms with Crippen molar-refractivity contribution in [3.05, 3.63) is 123 Å². The van der Waals surface area contributed by atoms with E-state index in [4.69, 9.17) is 22.1 Å². The van der Waals surface area contributed by atoms with Gasteiger partial charge in [0.25, 0.3) is 5.56 Å². The number of halogens is 4. The van der Waals surface area contributed by atoms with Crippen LogP contribution < -0.4 is 21.3 Å². The van der Waals surface area contributed by atoms with Crippen LogP contribution in [0.5, 0.6) is 5.75 Å². The lowest BCUT2D eigenvalue weighted by Crippen LogP contribution is -2.34. The van der Waals surface area contributed by atoms with E-state index in [0.717, 1.165) is 16.4 Å². The van der Waals surface area contributed by atoms with Gasteiger partial charge in [-0.3, -0.25) is 19.0 Å². The molecule has 3 aromatic carbocycles. The van der Waals surface area contributed by atoms with Gasteiger partial charge in [0.05, 0.1) is 25.2 Å². The van der Waals surface area contributed by atoms with E-state index < -0.39 is 35.3 Å². The highest BCUT2D eigenvalue weighted by atomic mass is 35.5. The van der Waals surface area contributed by atoms with E-state index in [1.807, 2.05) is 18.2 Å². The predicted octanol–water partition coefficient (Wildman–Crippen LogP) is 5.30. The standard InChI is InChI=1S/C31H24ClF3N6O4/c1-45-26-16-40(25(13-18-5-3-2-4-6-18)30(44)37-21-10-7-19(8-11-21)29(36)43)28(42)15-23(26)22-14-20(32)9-12-24(22)41-17-27(38-39-41)31(33,34)35/h2-12,14-17,25H,13H2,1H3,(H2,36,43)(H,37,44). The first-order valence-electron chi connectivity index (χ1n) is 13.3. The Hall–Kier alpha value is -5.43. The van der Waals surface area contributed by atoms with Crippen LogP contribution >= 0.6 is 11.6 Å². The molecule has 2 aromatic heterocycles. The topological polar surface area (TPSA) is 134 Å². The van der Waals surface area contributed by atoms with Gasteiger partial charge in [0.2, 0.25) is 11.8 Å². The molecule has 5 rings (SSSR count). The van der Waals surface area contributed by atoms with E-state index in [2.05, 4.69) is 15.6 Å². The Labute approximate surface area is 258 Å². The van der Waals surface area contributed by atoms with E-state index in [0.29, 0.717) is 5.69 Å². The molecule has 230 valence electrons.